The van der Waals surface area contributed by atoms with Gasteiger partial charge < -0.3 is 10.6 Å². The summed E-state index contributed by atoms with van der Waals surface area (Å²) in [5, 5.41) is 0. The molecular weight excluding hydrogens is 174 g/mol. The fraction of sp³-hybridized carbons (Fsp3) is 0.818. The molecule has 2 aliphatic heterocycles. The number of likely N-dealkylation sites (tertiary alicyclic amines) is 2. The minimum atomic E-state index is 0.447. The highest BCUT2D eigenvalue weighted by molar-refractivity contribution is 4.89. The standard InChI is InChI=1S/C11H21N3/c1-2-13-6-5-11(9-13)14-7-3-10(12)4-8-14/h2,10-11H,1,3-9,12H2. The van der Waals surface area contributed by atoms with Gasteiger partial charge >= 0.3 is 0 Å². The van der Waals surface area contributed by atoms with Crippen LogP contribution < -0.4 is 5.73 Å². The number of rotatable bonds is 2. The Hall–Kier alpha value is -0.540. The third-order valence-corrected chi connectivity index (χ3v) is 3.54. The Morgan fingerprint density at radius 1 is 1.14 bits per heavy atom. The molecule has 3 heteroatoms. The minimum Gasteiger partial charge on any atom is -0.376 e. The summed E-state index contributed by atoms with van der Waals surface area (Å²) in [6, 6.07) is 1.20. The lowest BCUT2D eigenvalue weighted by Crippen LogP contribution is -2.45. The van der Waals surface area contributed by atoms with E-state index in [4.69, 9.17) is 5.73 Å². The van der Waals surface area contributed by atoms with Gasteiger partial charge in [-0.05, 0) is 38.6 Å². The van der Waals surface area contributed by atoms with Crippen molar-refractivity contribution in [3.05, 3.63) is 12.8 Å². The van der Waals surface area contributed by atoms with Crippen LogP contribution in [0.5, 0.6) is 0 Å². The third kappa shape index (κ3) is 2.10. The van der Waals surface area contributed by atoms with Crippen molar-refractivity contribution < 1.29 is 0 Å². The van der Waals surface area contributed by atoms with Gasteiger partial charge in [0.15, 0.2) is 0 Å². The van der Waals surface area contributed by atoms with Gasteiger partial charge in [-0.1, -0.05) is 6.58 Å². The van der Waals surface area contributed by atoms with Crippen molar-refractivity contribution in [1.29, 1.82) is 0 Å². The summed E-state index contributed by atoms with van der Waals surface area (Å²) >= 11 is 0. The first-order valence-electron chi connectivity index (χ1n) is 5.66. The highest BCUT2D eigenvalue weighted by Crippen LogP contribution is 2.19. The predicted octanol–water partition coefficient (Wildman–Crippen LogP) is 0.627. The maximum Gasteiger partial charge on any atom is 0.0329 e. The average molecular weight is 195 g/mol. The quantitative estimate of drug-likeness (QED) is 0.701. The van der Waals surface area contributed by atoms with Crippen LogP contribution in [-0.4, -0.2) is 48.1 Å². The zero-order valence-corrected chi connectivity index (χ0v) is 8.86. The molecule has 1 unspecified atom stereocenters. The van der Waals surface area contributed by atoms with Crippen LogP contribution in [0.1, 0.15) is 19.3 Å². The van der Waals surface area contributed by atoms with Crippen LogP contribution >= 0.6 is 0 Å². The van der Waals surface area contributed by atoms with E-state index in [1.807, 2.05) is 6.20 Å². The second-order valence-corrected chi connectivity index (χ2v) is 4.49. The first-order valence-corrected chi connectivity index (χ1v) is 5.66. The van der Waals surface area contributed by atoms with E-state index in [1.165, 1.54) is 45.4 Å². The second kappa shape index (κ2) is 4.32. The molecule has 3 nitrogen and oxygen atoms in total. The summed E-state index contributed by atoms with van der Waals surface area (Å²) in [6.07, 6.45) is 5.60. The maximum atomic E-state index is 5.90. The first-order chi connectivity index (χ1) is 6.79. The molecule has 0 amide bonds. The number of hydrogen-bond acceptors (Lipinski definition) is 3. The van der Waals surface area contributed by atoms with E-state index in [2.05, 4.69) is 16.4 Å². The minimum absolute atomic E-state index is 0.447. The molecular formula is C11H21N3. The molecule has 0 saturated carbocycles. The molecule has 0 aromatic rings. The SMILES string of the molecule is C=CN1CCC(N2CCC(N)CC2)C1. The summed E-state index contributed by atoms with van der Waals surface area (Å²) < 4.78 is 0. The van der Waals surface area contributed by atoms with Crippen LogP contribution in [0.15, 0.2) is 12.8 Å². The highest BCUT2D eigenvalue weighted by atomic mass is 15.2. The second-order valence-electron chi connectivity index (χ2n) is 4.49. The van der Waals surface area contributed by atoms with E-state index < -0.39 is 0 Å². The molecule has 2 rings (SSSR count). The predicted molar refractivity (Wildman–Crippen MR) is 59.0 cm³/mol. The number of piperidine rings is 1. The largest absolute Gasteiger partial charge is 0.376 e. The van der Waals surface area contributed by atoms with E-state index in [0.29, 0.717) is 6.04 Å². The Labute approximate surface area is 86.5 Å². The maximum absolute atomic E-state index is 5.90. The number of hydrogen-bond donors (Lipinski definition) is 1. The molecule has 0 aromatic heterocycles. The van der Waals surface area contributed by atoms with Gasteiger partial charge in [0, 0.05) is 25.2 Å². The van der Waals surface area contributed by atoms with Crippen LogP contribution in [0.25, 0.3) is 0 Å². The van der Waals surface area contributed by atoms with E-state index >= 15 is 0 Å². The molecule has 0 radical (unpaired) electrons. The van der Waals surface area contributed by atoms with Gasteiger partial charge in [0.05, 0.1) is 0 Å². The van der Waals surface area contributed by atoms with Gasteiger partial charge in [0.25, 0.3) is 0 Å². The van der Waals surface area contributed by atoms with Gasteiger partial charge in [-0.15, -0.1) is 0 Å². The van der Waals surface area contributed by atoms with Crippen molar-refractivity contribution in [2.75, 3.05) is 26.2 Å². The fourth-order valence-corrected chi connectivity index (χ4v) is 2.52. The molecule has 1 atom stereocenters. The van der Waals surface area contributed by atoms with Crippen molar-refractivity contribution >= 4 is 0 Å². The molecule has 0 spiro atoms. The number of nitrogens with two attached hydrogens (primary N) is 1. The molecule has 80 valence electrons. The molecule has 2 heterocycles. The van der Waals surface area contributed by atoms with Gasteiger partial charge in [-0.2, -0.15) is 0 Å². The third-order valence-electron chi connectivity index (χ3n) is 3.54. The van der Waals surface area contributed by atoms with Crippen molar-refractivity contribution in [1.82, 2.24) is 9.80 Å². The molecule has 14 heavy (non-hydrogen) atoms. The lowest BCUT2D eigenvalue weighted by atomic mass is 10.0. The average Bonchev–Trinajstić information content (AvgIpc) is 2.67. The van der Waals surface area contributed by atoms with E-state index in [9.17, 15) is 0 Å². The zero-order chi connectivity index (χ0) is 9.97. The van der Waals surface area contributed by atoms with Crippen LogP contribution in [0.2, 0.25) is 0 Å². The van der Waals surface area contributed by atoms with Crippen LogP contribution in [0.4, 0.5) is 0 Å². The topological polar surface area (TPSA) is 32.5 Å². The molecule has 2 aliphatic rings. The molecule has 2 saturated heterocycles. The van der Waals surface area contributed by atoms with Crippen LogP contribution in [0.3, 0.4) is 0 Å². The van der Waals surface area contributed by atoms with Gasteiger partial charge in [-0.25, -0.2) is 0 Å². The first kappa shape index (κ1) is 9.99. The normalized spacial score (nSPS) is 30.9. The van der Waals surface area contributed by atoms with E-state index in [1.54, 1.807) is 0 Å². The Morgan fingerprint density at radius 3 is 2.43 bits per heavy atom. The van der Waals surface area contributed by atoms with Gasteiger partial charge in [0.2, 0.25) is 0 Å². The van der Waals surface area contributed by atoms with E-state index in [-0.39, 0.29) is 0 Å². The highest BCUT2D eigenvalue weighted by Gasteiger charge is 2.28. The lowest BCUT2D eigenvalue weighted by Gasteiger charge is -2.34. The summed E-state index contributed by atoms with van der Waals surface area (Å²) in [4.78, 5) is 4.92. The zero-order valence-electron chi connectivity index (χ0n) is 8.86. The molecule has 2 N–H and O–H groups in total. The lowest BCUT2D eigenvalue weighted by molar-refractivity contribution is 0.157. The molecule has 0 bridgehead atoms. The fourth-order valence-electron chi connectivity index (χ4n) is 2.52. The van der Waals surface area contributed by atoms with Crippen LogP contribution in [0, 0.1) is 0 Å². The van der Waals surface area contributed by atoms with Crippen LogP contribution in [-0.2, 0) is 0 Å². The van der Waals surface area contributed by atoms with Crippen molar-refractivity contribution in [2.24, 2.45) is 5.73 Å². The van der Waals surface area contributed by atoms with Crippen molar-refractivity contribution in [3.63, 3.8) is 0 Å². The molecule has 0 aliphatic carbocycles. The Kier molecular flexibility index (Phi) is 3.08. The van der Waals surface area contributed by atoms with Crippen molar-refractivity contribution in [2.45, 2.75) is 31.3 Å². The number of nitrogens with zero attached hydrogens (tertiary/aromatic N) is 2. The van der Waals surface area contributed by atoms with Crippen molar-refractivity contribution in [3.8, 4) is 0 Å². The summed E-state index contributed by atoms with van der Waals surface area (Å²) in [7, 11) is 0. The summed E-state index contributed by atoms with van der Waals surface area (Å²) in [6.45, 7) is 8.55. The Bertz CT molecular complexity index is 197. The van der Waals surface area contributed by atoms with E-state index in [0.717, 1.165) is 6.04 Å². The van der Waals surface area contributed by atoms with Gasteiger partial charge in [-0.3, -0.25) is 4.90 Å². The Balaban J connectivity index is 1.82. The summed E-state index contributed by atoms with van der Waals surface area (Å²) in [5.41, 5.74) is 5.90. The monoisotopic (exact) mass is 195 g/mol. The molecule has 2 fully saturated rings. The Morgan fingerprint density at radius 2 is 1.86 bits per heavy atom. The summed E-state index contributed by atoms with van der Waals surface area (Å²) in [5.74, 6) is 0. The van der Waals surface area contributed by atoms with Gasteiger partial charge in [0.1, 0.15) is 0 Å². The molecule has 0 aromatic carbocycles. The smallest absolute Gasteiger partial charge is 0.0329 e.